The van der Waals surface area contributed by atoms with Crippen LogP contribution in [0.5, 0.6) is 5.88 Å². The Morgan fingerprint density at radius 3 is 2.53 bits per heavy atom. The number of methoxy groups -OCH3 is 1. The molecule has 2 aromatic heterocycles. The van der Waals surface area contributed by atoms with Gasteiger partial charge in [-0.1, -0.05) is 30.2 Å². The summed E-state index contributed by atoms with van der Waals surface area (Å²) in [6.45, 7) is 0. The topological polar surface area (TPSA) is 81.2 Å². The van der Waals surface area contributed by atoms with Crippen molar-refractivity contribution in [1.82, 2.24) is 9.97 Å². The van der Waals surface area contributed by atoms with Crippen molar-refractivity contribution in [3.8, 4) is 29.4 Å². The second-order valence-corrected chi connectivity index (χ2v) is 8.12. The van der Waals surface area contributed by atoms with E-state index in [1.807, 2.05) is 18.2 Å². The summed E-state index contributed by atoms with van der Waals surface area (Å²) in [5.74, 6) is 2.83. The summed E-state index contributed by atoms with van der Waals surface area (Å²) in [6, 6.07) is 17.2. The molecule has 2 aromatic carbocycles. The second-order valence-electron chi connectivity index (χ2n) is 6.43. The van der Waals surface area contributed by atoms with E-state index in [2.05, 4.69) is 20.6 Å². The van der Waals surface area contributed by atoms with Gasteiger partial charge in [-0.2, -0.15) is 0 Å². The highest BCUT2D eigenvalue weighted by Crippen LogP contribution is 2.31. The SMILES string of the molecule is C#Cc1ccnc2ccc(-c3cnc(OC)c(NS(=O)(=O)c4ccccc4)c3)cc12. The molecule has 7 heteroatoms. The molecule has 30 heavy (non-hydrogen) atoms. The lowest BCUT2D eigenvalue weighted by molar-refractivity contribution is 0.400. The van der Waals surface area contributed by atoms with Gasteiger partial charge in [0.2, 0.25) is 5.88 Å². The number of ether oxygens (including phenoxy) is 1. The predicted molar refractivity (Wildman–Crippen MR) is 117 cm³/mol. The zero-order chi connectivity index (χ0) is 21.1. The lowest BCUT2D eigenvalue weighted by Gasteiger charge is -2.13. The number of aromatic nitrogens is 2. The number of fused-ring (bicyclic) bond motifs is 1. The van der Waals surface area contributed by atoms with Gasteiger partial charge in [-0.25, -0.2) is 13.4 Å². The fourth-order valence-corrected chi connectivity index (χ4v) is 4.17. The number of nitrogens with one attached hydrogen (secondary N) is 1. The molecule has 0 saturated carbocycles. The largest absolute Gasteiger partial charge is 0.480 e. The quantitative estimate of drug-likeness (QED) is 0.497. The van der Waals surface area contributed by atoms with Crippen LogP contribution in [0.2, 0.25) is 0 Å². The molecule has 0 spiro atoms. The minimum atomic E-state index is -3.80. The molecule has 0 atom stereocenters. The summed E-state index contributed by atoms with van der Waals surface area (Å²) in [5, 5.41) is 0.833. The van der Waals surface area contributed by atoms with Crippen LogP contribution in [0.4, 0.5) is 5.69 Å². The average molecular weight is 415 g/mol. The van der Waals surface area contributed by atoms with E-state index in [4.69, 9.17) is 11.2 Å². The Morgan fingerprint density at radius 2 is 1.80 bits per heavy atom. The third-order valence-electron chi connectivity index (χ3n) is 4.57. The lowest BCUT2D eigenvalue weighted by atomic mass is 10.0. The van der Waals surface area contributed by atoms with Crippen LogP contribution in [0.25, 0.3) is 22.0 Å². The lowest BCUT2D eigenvalue weighted by Crippen LogP contribution is -2.14. The number of terminal acetylenes is 1. The average Bonchev–Trinajstić information content (AvgIpc) is 2.78. The Hall–Kier alpha value is -3.89. The van der Waals surface area contributed by atoms with Gasteiger partial charge in [0.15, 0.2) is 0 Å². The van der Waals surface area contributed by atoms with E-state index in [0.717, 1.165) is 22.0 Å². The summed E-state index contributed by atoms with van der Waals surface area (Å²) < 4.78 is 33.3. The van der Waals surface area contributed by atoms with E-state index in [9.17, 15) is 8.42 Å². The van der Waals surface area contributed by atoms with Crippen LogP contribution < -0.4 is 9.46 Å². The van der Waals surface area contributed by atoms with E-state index in [0.29, 0.717) is 5.56 Å². The first-order chi connectivity index (χ1) is 14.5. The first-order valence-electron chi connectivity index (χ1n) is 8.99. The minimum Gasteiger partial charge on any atom is -0.480 e. The van der Waals surface area contributed by atoms with Gasteiger partial charge >= 0.3 is 0 Å². The number of nitrogens with zero attached hydrogens (tertiary/aromatic N) is 2. The van der Waals surface area contributed by atoms with Crippen molar-refractivity contribution in [2.24, 2.45) is 0 Å². The fraction of sp³-hybridized carbons (Fsp3) is 0.0435. The summed E-state index contributed by atoms with van der Waals surface area (Å²) in [4.78, 5) is 8.74. The molecule has 0 amide bonds. The third kappa shape index (κ3) is 3.69. The second kappa shape index (κ2) is 7.85. The number of hydrogen-bond acceptors (Lipinski definition) is 5. The number of anilines is 1. The van der Waals surface area contributed by atoms with Gasteiger partial charge in [-0.05, 0) is 42.0 Å². The molecule has 0 bridgehead atoms. The zero-order valence-corrected chi connectivity index (χ0v) is 16.8. The van der Waals surface area contributed by atoms with Crippen molar-refractivity contribution in [3.05, 3.63) is 78.6 Å². The Morgan fingerprint density at radius 1 is 1.00 bits per heavy atom. The molecule has 148 valence electrons. The normalized spacial score (nSPS) is 11.1. The maximum Gasteiger partial charge on any atom is 0.262 e. The summed E-state index contributed by atoms with van der Waals surface area (Å²) >= 11 is 0. The number of hydrogen-bond donors (Lipinski definition) is 1. The molecule has 2 heterocycles. The van der Waals surface area contributed by atoms with E-state index in [1.54, 1.807) is 42.7 Å². The molecule has 0 saturated heterocycles. The minimum absolute atomic E-state index is 0.146. The summed E-state index contributed by atoms with van der Waals surface area (Å²) in [5.41, 5.74) is 3.27. The highest BCUT2D eigenvalue weighted by atomic mass is 32.2. The molecule has 0 aliphatic heterocycles. The van der Waals surface area contributed by atoms with Crippen molar-refractivity contribution < 1.29 is 13.2 Å². The number of sulfonamides is 1. The molecule has 4 aromatic rings. The fourth-order valence-electron chi connectivity index (χ4n) is 3.10. The first kappa shape index (κ1) is 19.4. The van der Waals surface area contributed by atoms with Crippen LogP contribution in [0.3, 0.4) is 0 Å². The third-order valence-corrected chi connectivity index (χ3v) is 5.95. The standard InChI is InChI=1S/C23H17N3O3S/c1-3-16-11-12-24-21-10-9-17(13-20(16)21)18-14-22(23(29-2)25-15-18)26-30(27,28)19-7-5-4-6-8-19/h1,4-15,26H,2H3. The number of benzene rings is 2. The van der Waals surface area contributed by atoms with E-state index >= 15 is 0 Å². The van der Waals surface area contributed by atoms with Crippen LogP contribution in [-0.2, 0) is 10.0 Å². The molecule has 4 rings (SSSR count). The van der Waals surface area contributed by atoms with Crippen LogP contribution in [0.1, 0.15) is 5.56 Å². The van der Waals surface area contributed by atoms with Crippen molar-refractivity contribution in [3.63, 3.8) is 0 Å². The highest BCUT2D eigenvalue weighted by Gasteiger charge is 2.18. The van der Waals surface area contributed by atoms with Gasteiger partial charge in [-0.15, -0.1) is 6.42 Å². The molecule has 0 aliphatic carbocycles. The van der Waals surface area contributed by atoms with E-state index in [-0.39, 0.29) is 16.5 Å². The van der Waals surface area contributed by atoms with Crippen LogP contribution in [0, 0.1) is 12.3 Å². The molecular weight excluding hydrogens is 398 g/mol. The predicted octanol–water partition coefficient (Wildman–Crippen LogP) is 4.09. The van der Waals surface area contributed by atoms with Crippen molar-refractivity contribution in [1.29, 1.82) is 0 Å². The van der Waals surface area contributed by atoms with Gasteiger partial charge < -0.3 is 4.74 Å². The van der Waals surface area contributed by atoms with Crippen molar-refractivity contribution in [2.75, 3.05) is 11.8 Å². The molecule has 6 nitrogen and oxygen atoms in total. The Bertz CT molecular complexity index is 1380. The first-order valence-corrected chi connectivity index (χ1v) is 10.5. The van der Waals surface area contributed by atoms with Crippen LogP contribution in [0.15, 0.2) is 78.0 Å². The van der Waals surface area contributed by atoms with Crippen LogP contribution in [-0.4, -0.2) is 25.5 Å². The van der Waals surface area contributed by atoms with Crippen LogP contribution >= 0.6 is 0 Å². The maximum absolute atomic E-state index is 12.8. The van der Waals surface area contributed by atoms with Gasteiger partial charge in [0.25, 0.3) is 10.0 Å². The Kier molecular flexibility index (Phi) is 5.09. The van der Waals surface area contributed by atoms with Gasteiger partial charge in [0, 0.05) is 28.9 Å². The van der Waals surface area contributed by atoms with E-state index < -0.39 is 10.0 Å². The Labute approximate surface area is 174 Å². The maximum atomic E-state index is 12.8. The summed E-state index contributed by atoms with van der Waals surface area (Å²) in [7, 11) is -2.36. The molecule has 0 fully saturated rings. The van der Waals surface area contributed by atoms with Gasteiger partial charge in [0.05, 0.1) is 17.5 Å². The molecule has 1 N–H and O–H groups in total. The molecule has 0 unspecified atom stereocenters. The van der Waals surface area contributed by atoms with Gasteiger partial charge in [-0.3, -0.25) is 9.71 Å². The smallest absolute Gasteiger partial charge is 0.262 e. The van der Waals surface area contributed by atoms with Crippen molar-refractivity contribution in [2.45, 2.75) is 4.90 Å². The van der Waals surface area contributed by atoms with Crippen molar-refractivity contribution >= 4 is 26.6 Å². The van der Waals surface area contributed by atoms with E-state index in [1.165, 1.54) is 19.2 Å². The monoisotopic (exact) mass is 415 g/mol. The zero-order valence-electron chi connectivity index (χ0n) is 16.0. The molecular formula is C23H17N3O3S. The molecule has 0 radical (unpaired) electrons. The highest BCUT2D eigenvalue weighted by molar-refractivity contribution is 7.92. The molecule has 0 aliphatic rings. The van der Waals surface area contributed by atoms with Gasteiger partial charge in [0.1, 0.15) is 5.69 Å². The summed E-state index contributed by atoms with van der Waals surface area (Å²) in [6.07, 6.45) is 8.89. The number of pyridine rings is 2. The number of rotatable bonds is 5. The Balaban J connectivity index is 1.79.